The first-order valence-electron chi connectivity index (χ1n) is 9.52. The fourth-order valence-electron chi connectivity index (χ4n) is 4.48. The smallest absolute Gasteiger partial charge is 0.337 e. The van der Waals surface area contributed by atoms with Crippen LogP contribution in [-0.2, 0) is 14.3 Å². The fourth-order valence-corrected chi connectivity index (χ4v) is 4.73. The molecule has 2 heterocycles. The summed E-state index contributed by atoms with van der Waals surface area (Å²) in [5.74, 6) is -0.719. The van der Waals surface area contributed by atoms with Crippen molar-refractivity contribution in [3.8, 4) is 0 Å². The second-order valence-corrected chi connectivity index (χ2v) is 8.24. The molecule has 2 aromatic carbocycles. The summed E-state index contributed by atoms with van der Waals surface area (Å²) in [6.45, 7) is 0.186. The van der Waals surface area contributed by atoms with Crippen molar-refractivity contribution in [1.82, 2.24) is 0 Å². The molecule has 0 fully saturated rings. The van der Waals surface area contributed by atoms with Gasteiger partial charge in [0.1, 0.15) is 6.61 Å². The van der Waals surface area contributed by atoms with E-state index in [0.29, 0.717) is 27.6 Å². The summed E-state index contributed by atoms with van der Waals surface area (Å²) in [6.07, 6.45) is 2.03. The zero-order chi connectivity index (χ0) is 20.1. The third-order valence-electron chi connectivity index (χ3n) is 5.70. The molecule has 0 N–H and O–H groups in total. The van der Waals surface area contributed by atoms with Crippen molar-refractivity contribution < 1.29 is 14.3 Å². The fraction of sp³-hybridized carbons (Fsp3) is 0.217. The highest BCUT2D eigenvalue weighted by Gasteiger charge is 2.46. The Labute approximate surface area is 178 Å². The Morgan fingerprint density at radius 2 is 1.48 bits per heavy atom. The van der Waals surface area contributed by atoms with Gasteiger partial charge >= 0.3 is 5.97 Å². The van der Waals surface area contributed by atoms with Gasteiger partial charge in [0.25, 0.3) is 0 Å². The summed E-state index contributed by atoms with van der Waals surface area (Å²) in [5, 5.41) is 1.24. The van der Waals surface area contributed by atoms with Crippen molar-refractivity contribution in [1.29, 1.82) is 0 Å². The summed E-state index contributed by atoms with van der Waals surface area (Å²) in [7, 11) is 0. The minimum Gasteiger partial charge on any atom is -0.456 e. The van der Waals surface area contributed by atoms with Crippen LogP contribution in [0.3, 0.4) is 0 Å². The van der Waals surface area contributed by atoms with Gasteiger partial charge in [-0.15, -0.1) is 0 Å². The van der Waals surface area contributed by atoms with Crippen LogP contribution in [0.15, 0.2) is 71.1 Å². The number of halogens is 2. The van der Waals surface area contributed by atoms with E-state index >= 15 is 0 Å². The minimum atomic E-state index is -0.427. The van der Waals surface area contributed by atoms with E-state index in [-0.39, 0.29) is 18.4 Å². The van der Waals surface area contributed by atoms with Crippen molar-refractivity contribution in [2.24, 2.45) is 0 Å². The zero-order valence-corrected chi connectivity index (χ0v) is 17.0. The van der Waals surface area contributed by atoms with Crippen LogP contribution in [0.1, 0.15) is 30.7 Å². The third kappa shape index (κ3) is 2.98. The average molecular weight is 426 g/mol. The van der Waals surface area contributed by atoms with E-state index in [1.165, 1.54) is 0 Å². The Kier molecular flexibility index (Phi) is 4.49. The molecule has 2 aliphatic heterocycles. The van der Waals surface area contributed by atoms with Crippen molar-refractivity contribution in [2.45, 2.75) is 25.2 Å². The van der Waals surface area contributed by atoms with E-state index in [4.69, 9.17) is 27.9 Å². The number of benzene rings is 2. The molecule has 2 aromatic rings. The number of rotatable bonds is 2. The molecule has 0 radical (unpaired) electrons. The minimum absolute atomic E-state index is 0.0800. The quantitative estimate of drug-likeness (QED) is 0.602. The van der Waals surface area contributed by atoms with Crippen molar-refractivity contribution in [2.75, 3.05) is 11.5 Å². The van der Waals surface area contributed by atoms with Crippen LogP contribution in [0.5, 0.6) is 0 Å². The molecule has 0 saturated carbocycles. The van der Waals surface area contributed by atoms with Gasteiger partial charge in [0, 0.05) is 39.3 Å². The van der Waals surface area contributed by atoms with Gasteiger partial charge < -0.3 is 9.64 Å². The molecule has 0 aromatic heterocycles. The van der Waals surface area contributed by atoms with Gasteiger partial charge in [0.05, 0.1) is 11.3 Å². The Bertz CT molecular complexity index is 1080. The lowest BCUT2D eigenvalue weighted by atomic mass is 9.75. The lowest BCUT2D eigenvalue weighted by Gasteiger charge is -2.39. The second kappa shape index (κ2) is 7.05. The SMILES string of the molecule is O=C1CCCC2=C1C(c1ccc(Cl)cc1)C1=C(COC1=O)N2c1ccc(Cl)cc1. The largest absolute Gasteiger partial charge is 0.456 e. The number of carbonyl (C=O) groups excluding carboxylic acids is 2. The molecule has 0 saturated heterocycles. The Hall–Kier alpha value is -2.56. The van der Waals surface area contributed by atoms with Crippen molar-refractivity contribution >= 4 is 40.6 Å². The second-order valence-electron chi connectivity index (χ2n) is 7.37. The van der Waals surface area contributed by atoms with E-state index < -0.39 is 5.92 Å². The normalized spacial score (nSPS) is 21.3. The summed E-state index contributed by atoms with van der Waals surface area (Å²) < 4.78 is 5.45. The summed E-state index contributed by atoms with van der Waals surface area (Å²) in [4.78, 5) is 27.9. The molecule has 0 spiro atoms. The van der Waals surface area contributed by atoms with E-state index in [9.17, 15) is 9.59 Å². The van der Waals surface area contributed by atoms with Crippen LogP contribution >= 0.6 is 23.2 Å². The third-order valence-corrected chi connectivity index (χ3v) is 6.21. The molecule has 1 atom stereocenters. The lowest BCUT2D eigenvalue weighted by Crippen LogP contribution is -2.36. The Balaban J connectivity index is 1.75. The van der Waals surface area contributed by atoms with E-state index in [1.54, 1.807) is 12.1 Å². The van der Waals surface area contributed by atoms with Crippen LogP contribution in [0.2, 0.25) is 10.0 Å². The van der Waals surface area contributed by atoms with Gasteiger partial charge in [-0.25, -0.2) is 4.79 Å². The number of carbonyl (C=O) groups is 2. The highest BCUT2D eigenvalue weighted by Crippen LogP contribution is 2.49. The van der Waals surface area contributed by atoms with Crippen LogP contribution in [-0.4, -0.2) is 18.4 Å². The van der Waals surface area contributed by atoms with Crippen LogP contribution in [0, 0.1) is 0 Å². The van der Waals surface area contributed by atoms with Gasteiger partial charge in [-0.1, -0.05) is 35.3 Å². The number of hydrogen-bond donors (Lipinski definition) is 0. The summed E-state index contributed by atoms with van der Waals surface area (Å²) in [6, 6.07) is 14.8. The van der Waals surface area contributed by atoms with Gasteiger partial charge in [-0.05, 0) is 54.8 Å². The van der Waals surface area contributed by atoms with Crippen LogP contribution in [0.4, 0.5) is 5.69 Å². The molecule has 5 rings (SSSR count). The molecule has 1 aliphatic carbocycles. The highest BCUT2D eigenvalue weighted by molar-refractivity contribution is 6.30. The molecule has 6 heteroatoms. The van der Waals surface area contributed by atoms with E-state index in [2.05, 4.69) is 0 Å². The number of anilines is 1. The molecule has 29 heavy (non-hydrogen) atoms. The molecular weight excluding hydrogens is 409 g/mol. The van der Waals surface area contributed by atoms with E-state index in [1.807, 2.05) is 41.3 Å². The number of Topliss-reactive ketones (excluding diaryl/α,β-unsaturated/α-hetero) is 1. The standard InChI is InChI=1S/C23H17Cl2NO3/c24-14-6-4-13(5-7-14)20-21-17(2-1-3-19(21)27)26(16-10-8-15(25)9-11-16)18-12-29-23(28)22(18)20/h4-11,20H,1-3,12H2. The van der Waals surface area contributed by atoms with E-state index in [0.717, 1.165) is 35.5 Å². The number of hydrogen-bond acceptors (Lipinski definition) is 4. The number of cyclic esters (lactones) is 1. The molecule has 4 nitrogen and oxygen atoms in total. The molecular formula is C23H17Cl2NO3. The zero-order valence-electron chi connectivity index (χ0n) is 15.5. The molecule has 1 unspecified atom stereocenters. The summed E-state index contributed by atoms with van der Waals surface area (Å²) >= 11 is 12.1. The maximum atomic E-state index is 13.1. The topological polar surface area (TPSA) is 46.6 Å². The average Bonchev–Trinajstić information content (AvgIpc) is 3.10. The number of ether oxygens (including phenoxy) is 1. The predicted octanol–water partition coefficient (Wildman–Crippen LogP) is 5.42. The predicted molar refractivity (Wildman–Crippen MR) is 112 cm³/mol. The molecule has 3 aliphatic rings. The number of allylic oxidation sites excluding steroid dienone is 2. The van der Waals surface area contributed by atoms with Crippen LogP contribution < -0.4 is 4.90 Å². The molecule has 146 valence electrons. The highest BCUT2D eigenvalue weighted by atomic mass is 35.5. The molecule has 0 bridgehead atoms. The maximum Gasteiger partial charge on any atom is 0.337 e. The lowest BCUT2D eigenvalue weighted by molar-refractivity contribution is -0.136. The van der Waals surface area contributed by atoms with Crippen molar-refractivity contribution in [3.63, 3.8) is 0 Å². The number of nitrogens with zero attached hydrogens (tertiary/aromatic N) is 1. The summed E-state index contributed by atoms with van der Waals surface area (Å²) in [5.41, 5.74) is 4.71. The number of ketones is 1. The van der Waals surface area contributed by atoms with Gasteiger partial charge in [-0.3, -0.25) is 4.79 Å². The first-order valence-corrected chi connectivity index (χ1v) is 10.3. The van der Waals surface area contributed by atoms with Crippen LogP contribution in [0.25, 0.3) is 0 Å². The maximum absolute atomic E-state index is 13.1. The van der Waals surface area contributed by atoms with Gasteiger partial charge in [0.2, 0.25) is 0 Å². The van der Waals surface area contributed by atoms with Gasteiger partial charge in [-0.2, -0.15) is 0 Å². The monoisotopic (exact) mass is 425 g/mol. The Morgan fingerprint density at radius 3 is 2.17 bits per heavy atom. The Morgan fingerprint density at radius 1 is 0.828 bits per heavy atom. The first kappa shape index (κ1) is 18.5. The first-order chi connectivity index (χ1) is 14.0. The van der Waals surface area contributed by atoms with Crippen molar-refractivity contribution in [3.05, 3.63) is 86.7 Å². The molecule has 0 amide bonds. The number of esters is 1. The van der Waals surface area contributed by atoms with Gasteiger partial charge in [0.15, 0.2) is 5.78 Å².